The second kappa shape index (κ2) is 7.76. The Labute approximate surface area is 86.3 Å². The molecule has 0 heterocycles. The number of carbonyl (C=O) groups excluding carboxylic acids is 1. The molecule has 0 radical (unpaired) electrons. The van der Waals surface area contributed by atoms with Crippen LogP contribution in [0.4, 0.5) is 0 Å². The highest BCUT2D eigenvalue weighted by atomic mass is 16.3. The molecule has 0 atom stereocenters. The van der Waals surface area contributed by atoms with E-state index in [1.54, 1.807) is 4.90 Å². The Balaban J connectivity index is 3.79. The lowest BCUT2D eigenvalue weighted by Crippen LogP contribution is -2.40. The number of aliphatic hydroxyl groups excluding tert-OH is 1. The standard InChI is InChI=1S/C10H22N2O2/c1-4-12(6-5-7-13)10(14)8-11-9(2)3/h9,11,13H,4-8H2,1-3H3. The van der Waals surface area contributed by atoms with Gasteiger partial charge in [0.05, 0.1) is 6.54 Å². The molecule has 0 aliphatic carbocycles. The molecule has 4 nitrogen and oxygen atoms in total. The molecule has 0 aliphatic rings. The molecule has 0 aromatic carbocycles. The van der Waals surface area contributed by atoms with E-state index in [-0.39, 0.29) is 12.5 Å². The first-order valence-corrected chi connectivity index (χ1v) is 5.23. The topological polar surface area (TPSA) is 52.6 Å². The van der Waals surface area contributed by atoms with E-state index in [1.165, 1.54) is 0 Å². The predicted octanol–water partition coefficient (Wildman–Crippen LogP) is 0.215. The SMILES string of the molecule is CCN(CCCO)C(=O)CNC(C)C. The lowest BCUT2D eigenvalue weighted by atomic mass is 10.3. The van der Waals surface area contributed by atoms with Crippen molar-refractivity contribution in [2.24, 2.45) is 0 Å². The highest BCUT2D eigenvalue weighted by Crippen LogP contribution is 1.92. The van der Waals surface area contributed by atoms with Crippen LogP contribution >= 0.6 is 0 Å². The fraction of sp³-hybridized carbons (Fsp3) is 0.900. The van der Waals surface area contributed by atoms with Crippen molar-refractivity contribution >= 4 is 5.91 Å². The molecule has 0 saturated heterocycles. The van der Waals surface area contributed by atoms with Crippen LogP contribution in [0, 0.1) is 0 Å². The molecule has 0 aromatic heterocycles. The highest BCUT2D eigenvalue weighted by molar-refractivity contribution is 5.78. The van der Waals surface area contributed by atoms with Crippen LogP contribution in [0.5, 0.6) is 0 Å². The number of aliphatic hydroxyl groups is 1. The number of rotatable bonds is 7. The Bertz CT molecular complexity index is 160. The van der Waals surface area contributed by atoms with Crippen molar-refractivity contribution in [1.29, 1.82) is 0 Å². The zero-order valence-corrected chi connectivity index (χ0v) is 9.42. The third-order valence-corrected chi connectivity index (χ3v) is 1.98. The fourth-order valence-electron chi connectivity index (χ4n) is 1.12. The summed E-state index contributed by atoms with van der Waals surface area (Å²) in [7, 11) is 0. The van der Waals surface area contributed by atoms with Gasteiger partial charge in [-0.25, -0.2) is 0 Å². The van der Waals surface area contributed by atoms with Gasteiger partial charge in [-0.1, -0.05) is 13.8 Å². The summed E-state index contributed by atoms with van der Waals surface area (Å²) >= 11 is 0. The van der Waals surface area contributed by atoms with Crippen LogP contribution in [0.25, 0.3) is 0 Å². The first kappa shape index (κ1) is 13.4. The maximum absolute atomic E-state index is 11.6. The van der Waals surface area contributed by atoms with Crippen LogP contribution in [-0.4, -0.2) is 48.2 Å². The molecule has 2 N–H and O–H groups in total. The monoisotopic (exact) mass is 202 g/mol. The van der Waals surface area contributed by atoms with E-state index in [0.29, 0.717) is 32.1 Å². The van der Waals surface area contributed by atoms with Crippen LogP contribution in [-0.2, 0) is 4.79 Å². The van der Waals surface area contributed by atoms with Gasteiger partial charge in [-0.05, 0) is 13.3 Å². The average Bonchev–Trinajstić information content (AvgIpc) is 2.16. The van der Waals surface area contributed by atoms with Crippen molar-refractivity contribution in [2.45, 2.75) is 33.2 Å². The van der Waals surface area contributed by atoms with Crippen LogP contribution in [0.1, 0.15) is 27.2 Å². The summed E-state index contributed by atoms with van der Waals surface area (Å²) in [6.45, 7) is 7.85. The van der Waals surface area contributed by atoms with E-state index in [4.69, 9.17) is 5.11 Å². The smallest absolute Gasteiger partial charge is 0.236 e. The summed E-state index contributed by atoms with van der Waals surface area (Å²) in [6.07, 6.45) is 0.654. The van der Waals surface area contributed by atoms with Crippen molar-refractivity contribution < 1.29 is 9.90 Å². The van der Waals surface area contributed by atoms with Crippen LogP contribution in [0.2, 0.25) is 0 Å². The van der Waals surface area contributed by atoms with E-state index in [0.717, 1.165) is 0 Å². The van der Waals surface area contributed by atoms with Crippen molar-refractivity contribution in [3.05, 3.63) is 0 Å². The number of hydrogen-bond donors (Lipinski definition) is 2. The molecule has 0 saturated carbocycles. The largest absolute Gasteiger partial charge is 0.396 e. The Morgan fingerprint density at radius 2 is 2.14 bits per heavy atom. The molecule has 84 valence electrons. The zero-order chi connectivity index (χ0) is 11.0. The van der Waals surface area contributed by atoms with Crippen LogP contribution in [0.15, 0.2) is 0 Å². The van der Waals surface area contributed by atoms with Gasteiger partial charge in [-0.15, -0.1) is 0 Å². The van der Waals surface area contributed by atoms with E-state index in [2.05, 4.69) is 5.32 Å². The Morgan fingerprint density at radius 3 is 2.57 bits per heavy atom. The number of carbonyl (C=O) groups is 1. The van der Waals surface area contributed by atoms with Crippen LogP contribution in [0.3, 0.4) is 0 Å². The van der Waals surface area contributed by atoms with Crippen molar-refractivity contribution in [3.63, 3.8) is 0 Å². The zero-order valence-electron chi connectivity index (χ0n) is 9.42. The van der Waals surface area contributed by atoms with Crippen LogP contribution < -0.4 is 5.32 Å². The molecule has 0 fully saturated rings. The molecular formula is C10H22N2O2. The molecule has 0 aliphatic heterocycles. The maximum atomic E-state index is 11.6. The number of nitrogens with zero attached hydrogens (tertiary/aromatic N) is 1. The Morgan fingerprint density at radius 1 is 1.50 bits per heavy atom. The molecule has 0 unspecified atom stereocenters. The average molecular weight is 202 g/mol. The van der Waals surface area contributed by atoms with Gasteiger partial charge in [0.2, 0.25) is 5.91 Å². The van der Waals surface area contributed by atoms with Crippen molar-refractivity contribution in [3.8, 4) is 0 Å². The lowest BCUT2D eigenvalue weighted by molar-refractivity contribution is -0.130. The van der Waals surface area contributed by atoms with Gasteiger partial charge in [-0.2, -0.15) is 0 Å². The molecule has 1 amide bonds. The molecule has 0 spiro atoms. The lowest BCUT2D eigenvalue weighted by Gasteiger charge is -2.21. The maximum Gasteiger partial charge on any atom is 0.236 e. The van der Waals surface area contributed by atoms with Gasteiger partial charge >= 0.3 is 0 Å². The molecular weight excluding hydrogens is 180 g/mol. The van der Waals surface area contributed by atoms with Gasteiger partial charge in [0.1, 0.15) is 0 Å². The number of nitrogens with one attached hydrogen (secondary N) is 1. The number of amides is 1. The quantitative estimate of drug-likeness (QED) is 0.621. The summed E-state index contributed by atoms with van der Waals surface area (Å²) in [4.78, 5) is 13.3. The summed E-state index contributed by atoms with van der Waals surface area (Å²) in [5.41, 5.74) is 0. The van der Waals surface area contributed by atoms with Gasteiger partial charge in [0, 0.05) is 25.7 Å². The van der Waals surface area contributed by atoms with E-state index in [9.17, 15) is 4.79 Å². The third kappa shape index (κ3) is 5.94. The summed E-state index contributed by atoms with van der Waals surface area (Å²) < 4.78 is 0. The first-order chi connectivity index (χ1) is 6.61. The molecule has 14 heavy (non-hydrogen) atoms. The molecule has 0 rings (SSSR count). The molecule has 0 aromatic rings. The molecule has 4 heteroatoms. The highest BCUT2D eigenvalue weighted by Gasteiger charge is 2.10. The second-order valence-electron chi connectivity index (χ2n) is 3.59. The van der Waals surface area contributed by atoms with Gasteiger partial charge < -0.3 is 15.3 Å². The first-order valence-electron chi connectivity index (χ1n) is 5.23. The normalized spacial score (nSPS) is 10.6. The summed E-state index contributed by atoms with van der Waals surface area (Å²) in [5, 5.41) is 11.7. The van der Waals surface area contributed by atoms with E-state index < -0.39 is 0 Å². The summed E-state index contributed by atoms with van der Waals surface area (Å²) in [5.74, 6) is 0.106. The van der Waals surface area contributed by atoms with Crippen molar-refractivity contribution in [2.75, 3.05) is 26.2 Å². The van der Waals surface area contributed by atoms with E-state index >= 15 is 0 Å². The molecule has 0 bridgehead atoms. The third-order valence-electron chi connectivity index (χ3n) is 1.98. The number of likely N-dealkylation sites (N-methyl/N-ethyl adjacent to an activating group) is 1. The van der Waals surface area contributed by atoms with Crippen molar-refractivity contribution in [1.82, 2.24) is 10.2 Å². The van der Waals surface area contributed by atoms with E-state index in [1.807, 2.05) is 20.8 Å². The van der Waals surface area contributed by atoms with Gasteiger partial charge in [0.15, 0.2) is 0 Å². The van der Waals surface area contributed by atoms with Gasteiger partial charge in [-0.3, -0.25) is 4.79 Å². The Hall–Kier alpha value is -0.610. The Kier molecular flexibility index (Phi) is 7.42. The second-order valence-corrected chi connectivity index (χ2v) is 3.59. The van der Waals surface area contributed by atoms with Gasteiger partial charge in [0.25, 0.3) is 0 Å². The predicted molar refractivity (Wildman–Crippen MR) is 57.1 cm³/mol. The minimum atomic E-state index is 0.106. The fourth-order valence-corrected chi connectivity index (χ4v) is 1.12. The minimum Gasteiger partial charge on any atom is -0.396 e. The number of hydrogen-bond acceptors (Lipinski definition) is 3. The minimum absolute atomic E-state index is 0.106. The summed E-state index contributed by atoms with van der Waals surface area (Å²) in [6, 6.07) is 0.329.